The summed E-state index contributed by atoms with van der Waals surface area (Å²) >= 11 is 0. The molecule has 2 aromatic rings. The molecule has 0 aliphatic carbocycles. The van der Waals surface area contributed by atoms with E-state index in [9.17, 15) is 9.50 Å². The van der Waals surface area contributed by atoms with Crippen molar-refractivity contribution in [3.63, 3.8) is 0 Å². The highest BCUT2D eigenvalue weighted by atomic mass is 19.1. The molecule has 2 aromatic carbocycles. The first-order chi connectivity index (χ1) is 7.70. The Bertz CT molecular complexity index is 494. The fraction of sp³-hybridized carbons (Fsp3) is 0.0769. The molecule has 2 rings (SSSR count). The van der Waals surface area contributed by atoms with Gasteiger partial charge in [-0.25, -0.2) is 4.39 Å². The second-order valence-corrected chi connectivity index (χ2v) is 3.55. The normalized spacial score (nSPS) is 10.4. The highest BCUT2D eigenvalue weighted by molar-refractivity contribution is 5.65. The van der Waals surface area contributed by atoms with Crippen LogP contribution in [0, 0.1) is 5.82 Å². The van der Waals surface area contributed by atoms with Gasteiger partial charge in [-0.1, -0.05) is 18.2 Å². The van der Waals surface area contributed by atoms with Gasteiger partial charge in [0.15, 0.2) is 0 Å². The number of aromatic hydroxyl groups is 1. The van der Waals surface area contributed by atoms with Gasteiger partial charge in [-0.05, 0) is 35.4 Å². The fourth-order valence-electron chi connectivity index (χ4n) is 1.57. The summed E-state index contributed by atoms with van der Waals surface area (Å²) in [5.41, 5.74) is 8.00. The molecule has 0 amide bonds. The third-order valence-corrected chi connectivity index (χ3v) is 2.48. The summed E-state index contributed by atoms with van der Waals surface area (Å²) in [5.74, 6) is -0.0741. The lowest BCUT2D eigenvalue weighted by Gasteiger charge is -2.06. The van der Waals surface area contributed by atoms with E-state index in [1.807, 2.05) is 6.07 Å². The summed E-state index contributed by atoms with van der Waals surface area (Å²) in [6.07, 6.45) is 0. The van der Waals surface area contributed by atoms with E-state index in [-0.39, 0.29) is 18.1 Å². The van der Waals surface area contributed by atoms with Crippen LogP contribution in [0.2, 0.25) is 0 Å². The molecular formula is C13H12FNO. The SMILES string of the molecule is NCc1cc(-c2ccc(F)cc2)ccc1O. The first kappa shape index (κ1) is 10.6. The monoisotopic (exact) mass is 217 g/mol. The van der Waals surface area contributed by atoms with Gasteiger partial charge in [0, 0.05) is 12.1 Å². The van der Waals surface area contributed by atoms with Crippen molar-refractivity contribution >= 4 is 0 Å². The Morgan fingerprint density at radius 3 is 2.25 bits per heavy atom. The van der Waals surface area contributed by atoms with Gasteiger partial charge in [-0.2, -0.15) is 0 Å². The number of phenolic OH excluding ortho intramolecular Hbond substituents is 1. The Morgan fingerprint density at radius 2 is 1.62 bits per heavy atom. The maximum Gasteiger partial charge on any atom is 0.123 e. The highest BCUT2D eigenvalue weighted by Gasteiger charge is 2.03. The van der Waals surface area contributed by atoms with Gasteiger partial charge in [0.1, 0.15) is 11.6 Å². The van der Waals surface area contributed by atoms with Gasteiger partial charge < -0.3 is 10.8 Å². The number of hydrogen-bond donors (Lipinski definition) is 2. The van der Waals surface area contributed by atoms with Crippen LogP contribution in [-0.4, -0.2) is 5.11 Å². The summed E-state index contributed by atoms with van der Waals surface area (Å²) in [7, 11) is 0. The van der Waals surface area contributed by atoms with Crippen molar-refractivity contribution in [3.8, 4) is 16.9 Å². The zero-order valence-corrected chi connectivity index (χ0v) is 8.65. The van der Waals surface area contributed by atoms with Crippen molar-refractivity contribution in [2.45, 2.75) is 6.54 Å². The van der Waals surface area contributed by atoms with Gasteiger partial charge in [-0.3, -0.25) is 0 Å². The summed E-state index contributed by atoms with van der Waals surface area (Å²) < 4.78 is 12.8. The molecule has 0 heterocycles. The molecule has 0 aliphatic heterocycles. The molecule has 0 aromatic heterocycles. The first-order valence-corrected chi connectivity index (χ1v) is 4.98. The number of phenols is 1. The van der Waals surface area contributed by atoms with Crippen molar-refractivity contribution in [2.24, 2.45) is 5.73 Å². The van der Waals surface area contributed by atoms with Crippen molar-refractivity contribution < 1.29 is 9.50 Å². The van der Waals surface area contributed by atoms with Crippen LogP contribution in [0.15, 0.2) is 42.5 Å². The minimum absolute atomic E-state index is 0.188. The number of benzene rings is 2. The quantitative estimate of drug-likeness (QED) is 0.812. The van der Waals surface area contributed by atoms with E-state index in [2.05, 4.69) is 0 Å². The Morgan fingerprint density at radius 1 is 1.00 bits per heavy atom. The molecule has 0 atom stereocenters. The minimum Gasteiger partial charge on any atom is -0.508 e. The molecule has 0 saturated carbocycles. The predicted molar refractivity (Wildman–Crippen MR) is 61.4 cm³/mol. The highest BCUT2D eigenvalue weighted by Crippen LogP contribution is 2.25. The largest absolute Gasteiger partial charge is 0.508 e. The number of nitrogens with two attached hydrogens (primary N) is 1. The molecule has 0 radical (unpaired) electrons. The number of rotatable bonds is 2. The zero-order valence-electron chi connectivity index (χ0n) is 8.65. The maximum absolute atomic E-state index is 12.8. The van der Waals surface area contributed by atoms with Crippen LogP contribution >= 0.6 is 0 Å². The second-order valence-electron chi connectivity index (χ2n) is 3.55. The van der Waals surface area contributed by atoms with Crippen LogP contribution in [0.3, 0.4) is 0 Å². The average Bonchev–Trinajstić information content (AvgIpc) is 2.31. The predicted octanol–water partition coefficient (Wildman–Crippen LogP) is 2.66. The van der Waals surface area contributed by atoms with Gasteiger partial charge in [0.25, 0.3) is 0 Å². The van der Waals surface area contributed by atoms with Crippen molar-refractivity contribution in [3.05, 3.63) is 53.8 Å². The van der Waals surface area contributed by atoms with Gasteiger partial charge in [-0.15, -0.1) is 0 Å². The van der Waals surface area contributed by atoms with Crippen LogP contribution in [0.25, 0.3) is 11.1 Å². The summed E-state index contributed by atoms with van der Waals surface area (Å²) in [6.45, 7) is 0.279. The van der Waals surface area contributed by atoms with Crippen LogP contribution < -0.4 is 5.73 Å². The summed E-state index contributed by atoms with van der Waals surface area (Å²) in [6, 6.07) is 11.4. The molecule has 16 heavy (non-hydrogen) atoms. The number of halogens is 1. The molecule has 0 unspecified atom stereocenters. The van der Waals surface area contributed by atoms with E-state index in [1.165, 1.54) is 12.1 Å². The third kappa shape index (κ3) is 2.04. The summed E-state index contributed by atoms with van der Waals surface area (Å²) in [4.78, 5) is 0. The molecule has 82 valence electrons. The molecule has 3 N–H and O–H groups in total. The lowest BCUT2D eigenvalue weighted by Crippen LogP contribution is -1.96. The van der Waals surface area contributed by atoms with E-state index in [4.69, 9.17) is 5.73 Å². The molecule has 0 spiro atoms. The van der Waals surface area contributed by atoms with E-state index < -0.39 is 0 Å². The third-order valence-electron chi connectivity index (χ3n) is 2.48. The second kappa shape index (κ2) is 4.33. The van der Waals surface area contributed by atoms with Gasteiger partial charge >= 0.3 is 0 Å². The molecule has 3 heteroatoms. The van der Waals surface area contributed by atoms with Crippen molar-refractivity contribution in [2.75, 3.05) is 0 Å². The van der Waals surface area contributed by atoms with Crippen LogP contribution in [0.4, 0.5) is 4.39 Å². The standard InChI is InChI=1S/C13H12FNO/c14-12-4-1-9(2-5-12)10-3-6-13(16)11(7-10)8-15/h1-7,16H,8,15H2. The Hall–Kier alpha value is -1.87. The molecule has 0 fully saturated rings. The van der Waals surface area contributed by atoms with Crippen LogP contribution in [0.5, 0.6) is 5.75 Å². The Kier molecular flexibility index (Phi) is 2.88. The molecule has 0 bridgehead atoms. The van der Waals surface area contributed by atoms with E-state index in [0.29, 0.717) is 5.56 Å². The minimum atomic E-state index is -0.262. The Balaban J connectivity index is 2.44. The van der Waals surface area contributed by atoms with Crippen LogP contribution in [-0.2, 0) is 6.54 Å². The molecule has 2 nitrogen and oxygen atoms in total. The molecule has 0 saturated heterocycles. The Labute approximate surface area is 93.2 Å². The first-order valence-electron chi connectivity index (χ1n) is 4.98. The summed E-state index contributed by atoms with van der Waals surface area (Å²) in [5, 5.41) is 9.49. The average molecular weight is 217 g/mol. The van der Waals surface area contributed by atoms with E-state index in [0.717, 1.165) is 11.1 Å². The van der Waals surface area contributed by atoms with Crippen molar-refractivity contribution in [1.82, 2.24) is 0 Å². The zero-order chi connectivity index (χ0) is 11.5. The fourth-order valence-corrected chi connectivity index (χ4v) is 1.57. The molecular weight excluding hydrogens is 205 g/mol. The van der Waals surface area contributed by atoms with Crippen LogP contribution in [0.1, 0.15) is 5.56 Å². The smallest absolute Gasteiger partial charge is 0.123 e. The number of hydrogen-bond acceptors (Lipinski definition) is 2. The van der Waals surface area contributed by atoms with E-state index in [1.54, 1.807) is 24.3 Å². The van der Waals surface area contributed by atoms with Crippen molar-refractivity contribution in [1.29, 1.82) is 0 Å². The molecule has 0 aliphatic rings. The lowest BCUT2D eigenvalue weighted by molar-refractivity contribution is 0.468. The maximum atomic E-state index is 12.8. The van der Waals surface area contributed by atoms with Gasteiger partial charge in [0.05, 0.1) is 0 Å². The van der Waals surface area contributed by atoms with E-state index >= 15 is 0 Å². The lowest BCUT2D eigenvalue weighted by atomic mass is 10.0. The topological polar surface area (TPSA) is 46.2 Å². The van der Waals surface area contributed by atoms with Gasteiger partial charge in [0.2, 0.25) is 0 Å².